The number of aromatic hydroxyl groups is 1. The highest BCUT2D eigenvalue weighted by Gasteiger charge is 2.12. The fraction of sp³-hybridized carbons (Fsp3) is 0.263. The Morgan fingerprint density at radius 2 is 2.03 bits per heavy atom. The monoisotopic (exact) mass is 400 g/mol. The summed E-state index contributed by atoms with van der Waals surface area (Å²) in [7, 11) is 0. The molecule has 0 spiro atoms. The van der Waals surface area contributed by atoms with E-state index in [9.17, 15) is 19.8 Å². The van der Waals surface area contributed by atoms with Crippen LogP contribution < -0.4 is 31.2 Å². The normalized spacial score (nSPS) is 13.2. The number of aliphatic hydroxyl groups is 1. The summed E-state index contributed by atoms with van der Waals surface area (Å²) in [5.74, 6) is -0.175. The van der Waals surface area contributed by atoms with Gasteiger partial charge in [0.2, 0.25) is 0 Å². The molecule has 0 saturated heterocycles. The Morgan fingerprint density at radius 1 is 1.21 bits per heavy atom. The predicted octanol–water partition coefficient (Wildman–Crippen LogP) is -0.728. The third-order valence-electron chi connectivity index (χ3n) is 3.99. The summed E-state index contributed by atoms with van der Waals surface area (Å²) >= 11 is 0. The van der Waals surface area contributed by atoms with Crippen LogP contribution in [0.25, 0.3) is 0 Å². The van der Waals surface area contributed by atoms with Gasteiger partial charge in [0.25, 0.3) is 5.91 Å². The van der Waals surface area contributed by atoms with Gasteiger partial charge in [0.1, 0.15) is 41.9 Å². The van der Waals surface area contributed by atoms with Crippen molar-refractivity contribution in [1.82, 2.24) is 5.32 Å². The molecule has 0 fully saturated rings. The van der Waals surface area contributed by atoms with E-state index in [-0.39, 0.29) is 31.1 Å². The van der Waals surface area contributed by atoms with E-state index >= 15 is 0 Å². The summed E-state index contributed by atoms with van der Waals surface area (Å²) in [6, 6.07) is 8.65. The molecule has 0 aromatic heterocycles. The van der Waals surface area contributed by atoms with Crippen LogP contribution in [-0.2, 0) is 0 Å². The molecule has 1 aliphatic rings. The molecule has 3 rings (SSSR count). The standard InChI is InChI=1S/C19H20N4O6/c20-18(26)13-8-12(4-5-15(13)25)28-7-6-21-9-11(24)10-29-16-3-1-2-14-17(16)23-19(27)22-14/h1-5,8,11,21,24-25H,6-7,9-10H2,(H2,20,26). The summed E-state index contributed by atoms with van der Waals surface area (Å²) in [6.07, 6.45) is -0.796. The third kappa shape index (κ3) is 5.27. The fourth-order valence-electron chi connectivity index (χ4n) is 2.61. The highest BCUT2D eigenvalue weighted by Crippen LogP contribution is 2.22. The van der Waals surface area contributed by atoms with Gasteiger partial charge in [0, 0.05) is 13.1 Å². The van der Waals surface area contributed by atoms with Crippen molar-refractivity contribution in [1.29, 1.82) is 0 Å². The molecule has 1 heterocycles. The Bertz CT molecular complexity index is 1040. The van der Waals surface area contributed by atoms with Crippen LogP contribution in [0.4, 0.5) is 4.79 Å². The lowest BCUT2D eigenvalue weighted by atomic mass is 10.2. The molecular weight excluding hydrogens is 380 g/mol. The lowest BCUT2D eigenvalue weighted by Gasteiger charge is -2.14. The van der Waals surface area contributed by atoms with E-state index in [0.29, 0.717) is 28.8 Å². The maximum Gasteiger partial charge on any atom is 0.368 e. The zero-order valence-corrected chi connectivity index (χ0v) is 15.4. The largest absolute Gasteiger partial charge is 0.507 e. The third-order valence-corrected chi connectivity index (χ3v) is 3.99. The van der Waals surface area contributed by atoms with Gasteiger partial charge < -0.3 is 30.7 Å². The number of benzene rings is 2. The summed E-state index contributed by atoms with van der Waals surface area (Å²) in [4.78, 5) is 30.0. The second kappa shape index (κ2) is 9.13. The fourth-order valence-corrected chi connectivity index (χ4v) is 2.61. The number of hydrogen-bond donors (Lipinski definition) is 4. The van der Waals surface area contributed by atoms with Crippen LogP contribution in [0.1, 0.15) is 10.4 Å². The van der Waals surface area contributed by atoms with Gasteiger partial charge in [-0.15, -0.1) is 0 Å². The van der Waals surface area contributed by atoms with Crippen LogP contribution in [0, 0.1) is 0 Å². The van der Waals surface area contributed by atoms with Gasteiger partial charge in [-0.1, -0.05) is 6.07 Å². The quantitative estimate of drug-likeness (QED) is 0.383. The average molecular weight is 400 g/mol. The van der Waals surface area contributed by atoms with E-state index in [1.54, 1.807) is 18.2 Å². The van der Waals surface area contributed by atoms with Crippen molar-refractivity contribution in [2.75, 3.05) is 26.3 Å². The molecule has 2 aromatic rings. The minimum atomic E-state index is -0.796. The Balaban J connectivity index is 1.39. The second-order valence-electron chi connectivity index (χ2n) is 6.19. The molecule has 10 heteroatoms. The number of urea groups is 1. The van der Waals surface area contributed by atoms with Gasteiger partial charge in [-0.25, -0.2) is 4.79 Å². The number of carbonyl (C=O) groups is 2. The van der Waals surface area contributed by atoms with Crippen LogP contribution in [-0.4, -0.2) is 54.6 Å². The molecule has 5 N–H and O–H groups in total. The second-order valence-corrected chi connectivity index (χ2v) is 6.19. The predicted molar refractivity (Wildman–Crippen MR) is 101 cm³/mol. The van der Waals surface area contributed by atoms with Gasteiger partial charge in [0.05, 0.1) is 10.9 Å². The highest BCUT2D eigenvalue weighted by molar-refractivity contribution is 5.95. The van der Waals surface area contributed by atoms with E-state index in [1.807, 2.05) is 0 Å². The van der Waals surface area contributed by atoms with Crippen molar-refractivity contribution >= 4 is 11.9 Å². The van der Waals surface area contributed by atoms with E-state index < -0.39 is 18.0 Å². The maximum atomic E-state index is 11.3. The molecular formula is C19H20N4O6. The number of fused-ring (bicyclic) bond motifs is 1. The molecule has 2 aromatic carbocycles. The van der Waals surface area contributed by atoms with Crippen molar-refractivity contribution in [3.63, 3.8) is 0 Å². The van der Waals surface area contributed by atoms with Crippen LogP contribution in [0.5, 0.6) is 17.2 Å². The number of phenols is 1. The number of carbonyl (C=O) groups excluding carboxylic acids is 2. The smallest absolute Gasteiger partial charge is 0.368 e. The molecule has 3 amide bonds. The number of primary amides is 1. The Morgan fingerprint density at radius 3 is 2.83 bits per heavy atom. The van der Waals surface area contributed by atoms with Crippen molar-refractivity contribution in [3.8, 4) is 17.2 Å². The lowest BCUT2D eigenvalue weighted by molar-refractivity contribution is 0.0996. The summed E-state index contributed by atoms with van der Waals surface area (Å²) in [5, 5.41) is 23.4. The SMILES string of the molecule is NC(=O)c1cc(OCCNCC(O)COc2cccc3c2=NC(=O)N=3)ccc1O. The zero-order chi connectivity index (χ0) is 20.8. The number of hydrogen-bond acceptors (Lipinski definition) is 7. The number of ether oxygens (including phenoxy) is 2. The molecule has 0 radical (unpaired) electrons. The number of nitrogens with zero attached hydrogens (tertiary/aromatic N) is 2. The van der Waals surface area contributed by atoms with E-state index in [1.165, 1.54) is 18.2 Å². The van der Waals surface area contributed by atoms with Crippen molar-refractivity contribution in [3.05, 3.63) is 52.7 Å². The first-order valence-corrected chi connectivity index (χ1v) is 8.81. The molecule has 1 atom stereocenters. The van der Waals surface area contributed by atoms with E-state index in [2.05, 4.69) is 15.3 Å². The van der Waals surface area contributed by atoms with E-state index in [0.717, 1.165) is 0 Å². The van der Waals surface area contributed by atoms with Crippen LogP contribution in [0.2, 0.25) is 0 Å². The minimum Gasteiger partial charge on any atom is -0.507 e. The first-order chi connectivity index (χ1) is 13.9. The van der Waals surface area contributed by atoms with E-state index in [4.69, 9.17) is 15.2 Å². The number of rotatable bonds is 10. The number of para-hydroxylation sites is 1. The highest BCUT2D eigenvalue weighted by atomic mass is 16.5. The number of amides is 3. The topological polar surface area (TPSA) is 156 Å². The van der Waals surface area contributed by atoms with Crippen molar-refractivity contribution in [2.45, 2.75) is 6.10 Å². The number of nitrogens with two attached hydrogens (primary N) is 1. The Kier molecular flexibility index (Phi) is 6.37. The first kappa shape index (κ1) is 20.2. The summed E-state index contributed by atoms with van der Waals surface area (Å²) in [5.41, 5.74) is 5.15. The van der Waals surface area contributed by atoms with Gasteiger partial charge in [-0.3, -0.25) is 4.79 Å². The van der Waals surface area contributed by atoms with Gasteiger partial charge in [-0.2, -0.15) is 9.98 Å². The molecule has 10 nitrogen and oxygen atoms in total. The van der Waals surface area contributed by atoms with Crippen LogP contribution in [0.3, 0.4) is 0 Å². The van der Waals surface area contributed by atoms with Gasteiger partial charge in [-0.05, 0) is 30.3 Å². The number of aliphatic hydroxyl groups excluding tert-OH is 1. The van der Waals surface area contributed by atoms with Gasteiger partial charge in [0.15, 0.2) is 0 Å². The maximum absolute atomic E-state index is 11.3. The number of nitrogens with one attached hydrogen (secondary N) is 1. The Labute approximate surface area is 165 Å². The van der Waals surface area contributed by atoms with Crippen LogP contribution >= 0.6 is 0 Å². The molecule has 1 aliphatic heterocycles. The van der Waals surface area contributed by atoms with Crippen molar-refractivity contribution in [2.24, 2.45) is 15.7 Å². The minimum absolute atomic E-state index is 0.00789. The summed E-state index contributed by atoms with van der Waals surface area (Å²) < 4.78 is 11.0. The summed E-state index contributed by atoms with van der Waals surface area (Å²) in [6.45, 7) is 0.952. The molecule has 152 valence electrons. The lowest BCUT2D eigenvalue weighted by Crippen LogP contribution is -2.34. The zero-order valence-electron chi connectivity index (χ0n) is 15.4. The first-order valence-electron chi connectivity index (χ1n) is 8.81. The molecule has 0 aliphatic carbocycles. The van der Waals surface area contributed by atoms with Crippen LogP contribution in [0.15, 0.2) is 46.4 Å². The molecule has 1 unspecified atom stereocenters. The molecule has 29 heavy (non-hydrogen) atoms. The average Bonchev–Trinajstić information content (AvgIpc) is 3.07. The molecule has 0 bridgehead atoms. The van der Waals surface area contributed by atoms with Crippen molar-refractivity contribution < 1.29 is 29.3 Å². The Hall–Kier alpha value is -3.50. The van der Waals surface area contributed by atoms with Gasteiger partial charge >= 0.3 is 6.03 Å². The molecule has 0 saturated carbocycles.